The number of hydrogen-bond donors (Lipinski definition) is 0. The highest BCUT2D eigenvalue weighted by Crippen LogP contribution is 2.30. The summed E-state index contributed by atoms with van der Waals surface area (Å²) in [5.74, 6) is 1.23. The molecule has 0 saturated carbocycles. The lowest BCUT2D eigenvalue weighted by Crippen LogP contribution is -2.46. The minimum atomic E-state index is 0.118. The zero-order chi connectivity index (χ0) is 22.0. The number of hydrogen-bond acceptors (Lipinski definition) is 5. The summed E-state index contributed by atoms with van der Waals surface area (Å²) < 4.78 is 7.38. The zero-order valence-corrected chi connectivity index (χ0v) is 19.4. The van der Waals surface area contributed by atoms with E-state index in [9.17, 15) is 4.79 Å². The maximum absolute atomic E-state index is 12.8. The molecule has 31 heavy (non-hydrogen) atoms. The lowest BCUT2D eigenvalue weighted by molar-refractivity contribution is -0.141. The van der Waals surface area contributed by atoms with Crippen molar-refractivity contribution in [2.75, 3.05) is 58.4 Å². The van der Waals surface area contributed by atoms with E-state index in [1.807, 2.05) is 28.5 Å². The van der Waals surface area contributed by atoms with Crippen LogP contribution < -0.4 is 4.90 Å². The highest BCUT2D eigenvalue weighted by atomic mass is 35.5. The topological polar surface area (TPSA) is 53.8 Å². The summed E-state index contributed by atoms with van der Waals surface area (Å²) in [6.45, 7) is 7.28. The van der Waals surface area contributed by atoms with E-state index >= 15 is 0 Å². The first kappa shape index (κ1) is 22.1. The van der Waals surface area contributed by atoms with Crippen LogP contribution in [-0.2, 0) is 16.1 Å². The summed E-state index contributed by atoms with van der Waals surface area (Å²) in [6, 6.07) is 8.31. The smallest absolute Gasteiger partial charge is 0.225 e. The molecule has 0 unspecified atom stereocenters. The summed E-state index contributed by atoms with van der Waals surface area (Å²) in [4.78, 5) is 24.0. The molecule has 2 saturated heterocycles. The molecule has 1 amide bonds. The van der Waals surface area contributed by atoms with E-state index in [1.54, 1.807) is 0 Å². The molecule has 4 rings (SSSR count). The van der Waals surface area contributed by atoms with Crippen LogP contribution in [0.25, 0.3) is 5.69 Å². The maximum atomic E-state index is 12.8. The second-order valence-corrected chi connectivity index (χ2v) is 9.06. The highest BCUT2D eigenvalue weighted by molar-refractivity contribution is 6.30. The predicted octanol–water partition coefficient (Wildman–Crippen LogP) is 2.97. The first-order valence-electron chi connectivity index (χ1n) is 11.0. The first-order chi connectivity index (χ1) is 14.9. The SMILES string of the molecule is Cc1ccc(-n2c(N(C)C)nc(CN3CCC(C(=O)N4CCOCC4)CC3)c2Cl)cc1. The van der Waals surface area contributed by atoms with Crippen molar-refractivity contribution in [3.05, 3.63) is 40.7 Å². The molecule has 0 bridgehead atoms. The fraction of sp³-hybridized carbons (Fsp3) is 0.565. The number of morpholine rings is 1. The third kappa shape index (κ3) is 4.89. The van der Waals surface area contributed by atoms with Crippen molar-refractivity contribution in [2.45, 2.75) is 26.3 Å². The van der Waals surface area contributed by atoms with Gasteiger partial charge in [0.1, 0.15) is 5.15 Å². The number of likely N-dealkylation sites (tertiary alicyclic amines) is 1. The Balaban J connectivity index is 1.43. The van der Waals surface area contributed by atoms with Crippen molar-refractivity contribution in [3.63, 3.8) is 0 Å². The molecule has 2 aromatic rings. The minimum absolute atomic E-state index is 0.118. The first-order valence-corrected chi connectivity index (χ1v) is 11.4. The number of piperidine rings is 1. The Morgan fingerprint density at radius 3 is 2.39 bits per heavy atom. The number of carbonyl (C=O) groups excluding carboxylic acids is 1. The Bertz CT molecular complexity index is 897. The fourth-order valence-corrected chi connectivity index (χ4v) is 4.62. The second-order valence-electron chi connectivity index (χ2n) is 8.70. The van der Waals surface area contributed by atoms with Gasteiger partial charge >= 0.3 is 0 Å². The molecule has 2 aliphatic heterocycles. The number of aromatic nitrogens is 2. The molecule has 0 radical (unpaired) electrons. The molecule has 3 heterocycles. The monoisotopic (exact) mass is 445 g/mol. The average Bonchev–Trinajstić information content (AvgIpc) is 3.11. The number of amides is 1. The fourth-order valence-electron chi connectivity index (χ4n) is 4.35. The van der Waals surface area contributed by atoms with Gasteiger partial charge in [-0.05, 0) is 45.0 Å². The largest absolute Gasteiger partial charge is 0.378 e. The van der Waals surface area contributed by atoms with Crippen molar-refractivity contribution < 1.29 is 9.53 Å². The van der Waals surface area contributed by atoms with Gasteiger partial charge in [0, 0.05) is 45.3 Å². The van der Waals surface area contributed by atoms with E-state index in [2.05, 4.69) is 36.1 Å². The summed E-state index contributed by atoms with van der Waals surface area (Å²) in [5, 5.41) is 0.652. The van der Waals surface area contributed by atoms with E-state index in [0.29, 0.717) is 30.8 Å². The van der Waals surface area contributed by atoms with Crippen LogP contribution in [0.5, 0.6) is 0 Å². The van der Waals surface area contributed by atoms with E-state index in [-0.39, 0.29) is 5.92 Å². The minimum Gasteiger partial charge on any atom is -0.378 e. The van der Waals surface area contributed by atoms with Crippen molar-refractivity contribution in [2.24, 2.45) is 5.92 Å². The standard InChI is InChI=1S/C23H32ClN5O2/c1-17-4-6-19(7-5-17)29-21(24)20(25-23(29)26(2)3)16-27-10-8-18(9-11-27)22(30)28-12-14-31-15-13-28/h4-7,18H,8-16H2,1-3H3. The van der Waals surface area contributed by atoms with Crippen molar-refractivity contribution in [1.82, 2.24) is 19.4 Å². The van der Waals surface area contributed by atoms with Crippen LogP contribution in [0.15, 0.2) is 24.3 Å². The summed E-state index contributed by atoms with van der Waals surface area (Å²) in [6.07, 6.45) is 1.76. The third-order valence-corrected chi connectivity index (χ3v) is 6.58. The molecule has 0 atom stereocenters. The summed E-state index contributed by atoms with van der Waals surface area (Å²) >= 11 is 6.82. The lowest BCUT2D eigenvalue weighted by atomic mass is 9.95. The average molecular weight is 446 g/mol. The van der Waals surface area contributed by atoms with Gasteiger partial charge in [-0.25, -0.2) is 4.98 Å². The van der Waals surface area contributed by atoms with Crippen LogP contribution in [0.4, 0.5) is 5.95 Å². The van der Waals surface area contributed by atoms with E-state index in [1.165, 1.54) is 5.56 Å². The van der Waals surface area contributed by atoms with Gasteiger partial charge in [-0.3, -0.25) is 14.3 Å². The zero-order valence-electron chi connectivity index (χ0n) is 18.7. The van der Waals surface area contributed by atoms with Crippen molar-refractivity contribution in [3.8, 4) is 5.69 Å². The number of rotatable bonds is 5. The Labute approximate surface area is 189 Å². The van der Waals surface area contributed by atoms with Gasteiger partial charge in [0.2, 0.25) is 11.9 Å². The molecule has 0 spiro atoms. The number of carbonyl (C=O) groups is 1. The number of benzene rings is 1. The van der Waals surface area contributed by atoms with Gasteiger partial charge in [-0.2, -0.15) is 0 Å². The van der Waals surface area contributed by atoms with Crippen LogP contribution in [0, 0.1) is 12.8 Å². The summed E-state index contributed by atoms with van der Waals surface area (Å²) in [7, 11) is 3.96. The van der Waals surface area contributed by atoms with Gasteiger partial charge in [0.05, 0.1) is 18.9 Å². The number of imidazole rings is 1. The van der Waals surface area contributed by atoms with Gasteiger partial charge < -0.3 is 14.5 Å². The predicted molar refractivity (Wildman–Crippen MR) is 123 cm³/mol. The molecule has 1 aromatic heterocycles. The quantitative estimate of drug-likeness (QED) is 0.708. The van der Waals surface area contributed by atoms with Crippen molar-refractivity contribution in [1.29, 1.82) is 0 Å². The third-order valence-electron chi connectivity index (χ3n) is 6.19. The van der Waals surface area contributed by atoms with Gasteiger partial charge in [-0.1, -0.05) is 29.3 Å². The molecule has 0 N–H and O–H groups in total. The molecule has 7 nitrogen and oxygen atoms in total. The Morgan fingerprint density at radius 2 is 1.77 bits per heavy atom. The van der Waals surface area contributed by atoms with Crippen LogP contribution in [0.3, 0.4) is 0 Å². The molecule has 0 aliphatic carbocycles. The number of anilines is 1. The Morgan fingerprint density at radius 1 is 1.13 bits per heavy atom. The molecule has 8 heteroatoms. The maximum Gasteiger partial charge on any atom is 0.225 e. The Hall–Kier alpha value is -2.09. The second kappa shape index (κ2) is 9.59. The summed E-state index contributed by atoms with van der Waals surface area (Å²) in [5.41, 5.74) is 3.10. The highest BCUT2D eigenvalue weighted by Gasteiger charge is 2.30. The molecule has 1 aromatic carbocycles. The van der Waals surface area contributed by atoms with E-state index in [0.717, 1.165) is 56.4 Å². The van der Waals surface area contributed by atoms with E-state index in [4.69, 9.17) is 21.3 Å². The molecule has 168 valence electrons. The lowest BCUT2D eigenvalue weighted by Gasteiger charge is -2.35. The van der Waals surface area contributed by atoms with Gasteiger partial charge in [0.25, 0.3) is 0 Å². The number of aryl methyl sites for hydroxylation is 1. The molecule has 2 aliphatic rings. The number of halogens is 1. The van der Waals surface area contributed by atoms with Gasteiger partial charge in [-0.15, -0.1) is 0 Å². The molecular weight excluding hydrogens is 414 g/mol. The number of nitrogens with zero attached hydrogens (tertiary/aromatic N) is 5. The normalized spacial score (nSPS) is 18.4. The van der Waals surface area contributed by atoms with E-state index < -0.39 is 0 Å². The molecular formula is C23H32ClN5O2. The molecule has 2 fully saturated rings. The number of ether oxygens (including phenoxy) is 1. The van der Waals surface area contributed by atoms with Gasteiger partial charge in [0.15, 0.2) is 0 Å². The van der Waals surface area contributed by atoms with Crippen LogP contribution in [0.2, 0.25) is 5.15 Å². The van der Waals surface area contributed by atoms with Crippen molar-refractivity contribution >= 4 is 23.5 Å². The Kier molecular flexibility index (Phi) is 6.84. The van der Waals surface area contributed by atoms with Crippen LogP contribution in [-0.4, -0.2) is 78.7 Å². The van der Waals surface area contributed by atoms with Crippen LogP contribution >= 0.6 is 11.6 Å². The van der Waals surface area contributed by atoms with Crippen LogP contribution in [0.1, 0.15) is 24.1 Å².